The minimum absolute atomic E-state index is 0.0341. The van der Waals surface area contributed by atoms with Crippen molar-refractivity contribution in [3.05, 3.63) is 29.8 Å². The van der Waals surface area contributed by atoms with Crippen LogP contribution in [0, 0.1) is 0 Å². The highest BCUT2D eigenvalue weighted by Gasteiger charge is 2.14. The molecule has 24 heavy (non-hydrogen) atoms. The van der Waals surface area contributed by atoms with E-state index in [1.54, 1.807) is 24.3 Å². The summed E-state index contributed by atoms with van der Waals surface area (Å²) in [5.74, 6) is 0.0449. The van der Waals surface area contributed by atoms with Crippen molar-refractivity contribution in [2.24, 2.45) is 0 Å². The van der Waals surface area contributed by atoms with Gasteiger partial charge >= 0.3 is 0 Å². The van der Waals surface area contributed by atoms with Gasteiger partial charge < -0.3 is 10.6 Å². The molecule has 0 bridgehead atoms. The first-order valence-corrected chi connectivity index (χ1v) is 9.18. The van der Waals surface area contributed by atoms with Crippen LogP contribution in [0.2, 0.25) is 0 Å². The van der Waals surface area contributed by atoms with E-state index in [4.69, 9.17) is 0 Å². The number of benzene rings is 1. The highest BCUT2D eigenvalue weighted by atomic mass is 32.2. The standard InChI is InChI=1S/C16H20N4O2S2/c1-10(21)11-6-5-7-12(8-11)17-13(22)9-23-15-20-19-14(24-15)18-16(2,3)4/h5-8H,9H2,1-4H3,(H,17,22)(H,18,19). The molecule has 0 fully saturated rings. The molecule has 1 aromatic heterocycles. The van der Waals surface area contributed by atoms with E-state index < -0.39 is 0 Å². The lowest BCUT2D eigenvalue weighted by atomic mass is 10.1. The third-order valence-corrected chi connectivity index (χ3v) is 4.74. The summed E-state index contributed by atoms with van der Waals surface area (Å²) in [5, 5.41) is 14.9. The van der Waals surface area contributed by atoms with Crippen molar-refractivity contribution in [2.75, 3.05) is 16.4 Å². The zero-order valence-corrected chi connectivity index (χ0v) is 15.7. The van der Waals surface area contributed by atoms with Crippen molar-refractivity contribution in [1.82, 2.24) is 10.2 Å². The maximum absolute atomic E-state index is 12.0. The first-order valence-electron chi connectivity index (χ1n) is 7.38. The number of amides is 1. The van der Waals surface area contributed by atoms with Crippen molar-refractivity contribution in [2.45, 2.75) is 37.6 Å². The molecular formula is C16H20N4O2S2. The maximum Gasteiger partial charge on any atom is 0.234 e. The molecule has 1 heterocycles. The van der Waals surface area contributed by atoms with Gasteiger partial charge in [0.25, 0.3) is 0 Å². The number of aromatic nitrogens is 2. The quantitative estimate of drug-likeness (QED) is 0.601. The van der Waals surface area contributed by atoms with Crippen LogP contribution in [0.4, 0.5) is 10.8 Å². The molecule has 1 amide bonds. The maximum atomic E-state index is 12.0. The molecule has 0 aliphatic heterocycles. The highest BCUT2D eigenvalue weighted by molar-refractivity contribution is 8.01. The van der Waals surface area contributed by atoms with Gasteiger partial charge in [0.2, 0.25) is 11.0 Å². The summed E-state index contributed by atoms with van der Waals surface area (Å²) in [6.07, 6.45) is 0. The number of hydrogen-bond acceptors (Lipinski definition) is 7. The molecule has 0 unspecified atom stereocenters. The molecule has 0 atom stereocenters. The molecule has 0 aliphatic carbocycles. The monoisotopic (exact) mass is 364 g/mol. The van der Waals surface area contributed by atoms with E-state index in [1.807, 2.05) is 20.8 Å². The van der Waals surface area contributed by atoms with Gasteiger partial charge in [0.15, 0.2) is 10.1 Å². The van der Waals surface area contributed by atoms with Crippen LogP contribution in [0.1, 0.15) is 38.1 Å². The number of carbonyl (C=O) groups is 2. The average Bonchev–Trinajstić information content (AvgIpc) is 2.91. The second kappa shape index (κ2) is 7.76. The van der Waals surface area contributed by atoms with Gasteiger partial charge in [0.1, 0.15) is 0 Å². The van der Waals surface area contributed by atoms with Gasteiger partial charge in [-0.15, -0.1) is 10.2 Å². The molecule has 1 aromatic carbocycles. The number of nitrogens with zero attached hydrogens (tertiary/aromatic N) is 2. The summed E-state index contributed by atoms with van der Waals surface area (Å²) in [6.45, 7) is 7.63. The predicted octanol–water partition coefficient (Wildman–Crippen LogP) is 3.68. The third-order valence-electron chi connectivity index (χ3n) is 2.77. The second-order valence-corrected chi connectivity index (χ2v) is 8.42. The van der Waals surface area contributed by atoms with Crippen molar-refractivity contribution < 1.29 is 9.59 Å². The molecule has 0 radical (unpaired) electrons. The van der Waals surface area contributed by atoms with Crippen molar-refractivity contribution >= 4 is 45.6 Å². The lowest BCUT2D eigenvalue weighted by molar-refractivity contribution is -0.113. The van der Waals surface area contributed by atoms with Crippen molar-refractivity contribution in [1.29, 1.82) is 0 Å². The molecule has 0 saturated carbocycles. The van der Waals surface area contributed by atoms with Crippen LogP contribution in [0.15, 0.2) is 28.6 Å². The normalized spacial score (nSPS) is 11.2. The van der Waals surface area contributed by atoms with E-state index in [1.165, 1.54) is 30.0 Å². The number of anilines is 2. The molecule has 2 rings (SSSR count). The van der Waals surface area contributed by atoms with Crippen molar-refractivity contribution in [3.8, 4) is 0 Å². The third kappa shape index (κ3) is 5.93. The Kier molecular flexibility index (Phi) is 5.95. The Hall–Kier alpha value is -1.93. The predicted molar refractivity (Wildman–Crippen MR) is 99.1 cm³/mol. The molecule has 128 valence electrons. The van der Waals surface area contributed by atoms with Crippen LogP contribution in [0.3, 0.4) is 0 Å². The smallest absolute Gasteiger partial charge is 0.234 e. The molecule has 2 aromatic rings. The van der Waals surface area contributed by atoms with Gasteiger partial charge in [-0.2, -0.15) is 0 Å². The van der Waals surface area contributed by atoms with Crippen LogP contribution in [0.25, 0.3) is 0 Å². The Morgan fingerprint density at radius 1 is 1.25 bits per heavy atom. The van der Waals surface area contributed by atoms with Gasteiger partial charge in [0, 0.05) is 16.8 Å². The van der Waals surface area contributed by atoms with Crippen LogP contribution in [0.5, 0.6) is 0 Å². The van der Waals surface area contributed by atoms with Gasteiger partial charge in [-0.3, -0.25) is 9.59 Å². The van der Waals surface area contributed by atoms with E-state index in [-0.39, 0.29) is 23.0 Å². The fourth-order valence-corrected chi connectivity index (χ4v) is 3.54. The van der Waals surface area contributed by atoms with Crippen LogP contribution >= 0.6 is 23.1 Å². The molecular weight excluding hydrogens is 344 g/mol. The lowest BCUT2D eigenvalue weighted by Crippen LogP contribution is -2.25. The minimum atomic E-state index is -0.152. The summed E-state index contributed by atoms with van der Waals surface area (Å²) in [7, 11) is 0. The fraction of sp³-hybridized carbons (Fsp3) is 0.375. The van der Waals surface area contributed by atoms with E-state index in [0.29, 0.717) is 11.3 Å². The van der Waals surface area contributed by atoms with Gasteiger partial charge in [0.05, 0.1) is 5.75 Å². The van der Waals surface area contributed by atoms with Crippen LogP contribution in [-0.2, 0) is 4.79 Å². The first kappa shape index (κ1) is 18.4. The number of nitrogens with one attached hydrogen (secondary N) is 2. The summed E-state index contributed by atoms with van der Waals surface area (Å²) in [5.41, 5.74) is 1.10. The molecule has 2 N–H and O–H groups in total. The minimum Gasteiger partial charge on any atom is -0.355 e. The number of Topliss-reactive ketones (excluding diaryl/α,β-unsaturated/α-hetero) is 1. The molecule has 6 nitrogen and oxygen atoms in total. The fourth-order valence-electron chi connectivity index (χ4n) is 1.78. The van der Waals surface area contributed by atoms with Crippen molar-refractivity contribution in [3.63, 3.8) is 0 Å². The molecule has 0 spiro atoms. The zero-order valence-electron chi connectivity index (χ0n) is 14.0. The summed E-state index contributed by atoms with van der Waals surface area (Å²) < 4.78 is 0.731. The summed E-state index contributed by atoms with van der Waals surface area (Å²) in [6, 6.07) is 6.89. The number of hydrogen-bond donors (Lipinski definition) is 2. The summed E-state index contributed by atoms with van der Waals surface area (Å²) in [4.78, 5) is 23.4. The average molecular weight is 364 g/mol. The number of rotatable bonds is 6. The first-order chi connectivity index (χ1) is 11.2. The van der Waals surface area contributed by atoms with Crippen LogP contribution in [-0.4, -0.2) is 33.2 Å². The molecule has 0 aliphatic rings. The second-order valence-electron chi connectivity index (χ2n) is 6.22. The zero-order chi connectivity index (χ0) is 17.7. The van der Waals surface area contributed by atoms with E-state index in [2.05, 4.69) is 20.8 Å². The largest absolute Gasteiger partial charge is 0.355 e. The Bertz CT molecular complexity index is 738. The topological polar surface area (TPSA) is 84.0 Å². The Balaban J connectivity index is 1.87. The molecule has 8 heteroatoms. The van der Waals surface area contributed by atoms with Crippen LogP contribution < -0.4 is 10.6 Å². The van der Waals surface area contributed by atoms with E-state index >= 15 is 0 Å². The summed E-state index contributed by atoms with van der Waals surface area (Å²) >= 11 is 2.75. The highest BCUT2D eigenvalue weighted by Crippen LogP contribution is 2.27. The Morgan fingerprint density at radius 2 is 2.00 bits per heavy atom. The SMILES string of the molecule is CC(=O)c1cccc(NC(=O)CSc2nnc(NC(C)(C)C)s2)c1. The Morgan fingerprint density at radius 3 is 2.67 bits per heavy atom. The van der Waals surface area contributed by atoms with Gasteiger partial charge in [-0.05, 0) is 39.8 Å². The van der Waals surface area contributed by atoms with Gasteiger partial charge in [-0.25, -0.2) is 0 Å². The van der Waals surface area contributed by atoms with Gasteiger partial charge in [-0.1, -0.05) is 35.2 Å². The number of thioether (sulfide) groups is 1. The molecule has 0 saturated heterocycles. The number of ketones is 1. The number of carbonyl (C=O) groups excluding carboxylic acids is 2. The van der Waals surface area contributed by atoms with E-state index in [9.17, 15) is 9.59 Å². The lowest BCUT2D eigenvalue weighted by Gasteiger charge is -2.18. The van der Waals surface area contributed by atoms with E-state index in [0.717, 1.165) is 9.47 Å². The Labute approximate surface area is 149 Å².